The van der Waals surface area contributed by atoms with Gasteiger partial charge < -0.3 is 14.8 Å². The van der Waals surface area contributed by atoms with Gasteiger partial charge in [0, 0.05) is 6.54 Å². The van der Waals surface area contributed by atoms with Gasteiger partial charge in [-0.15, -0.1) is 0 Å². The van der Waals surface area contributed by atoms with Gasteiger partial charge in [-0.1, -0.05) is 19.1 Å². The van der Waals surface area contributed by atoms with Gasteiger partial charge in [0.05, 0.1) is 20.3 Å². The summed E-state index contributed by atoms with van der Waals surface area (Å²) in [7, 11) is 1.67. The predicted octanol–water partition coefficient (Wildman–Crippen LogP) is 1.91. The summed E-state index contributed by atoms with van der Waals surface area (Å²) < 4.78 is 10.1. The van der Waals surface area contributed by atoms with Crippen LogP contribution < -0.4 is 10.1 Å². The number of aryl methyl sites for hydroxylation is 1. The summed E-state index contributed by atoms with van der Waals surface area (Å²) in [6, 6.07) is 6.05. The highest BCUT2D eigenvalue weighted by Crippen LogP contribution is 2.20. The molecule has 0 aliphatic carbocycles. The average Bonchev–Trinajstić information content (AvgIpc) is 2.38. The van der Waals surface area contributed by atoms with E-state index in [0.29, 0.717) is 13.2 Å². The van der Waals surface area contributed by atoms with Gasteiger partial charge in [-0.05, 0) is 30.5 Å². The first kappa shape index (κ1) is 14.5. The van der Waals surface area contributed by atoms with Crippen molar-refractivity contribution in [1.29, 1.82) is 0 Å². The quantitative estimate of drug-likeness (QED) is 0.752. The van der Waals surface area contributed by atoms with Gasteiger partial charge >= 0.3 is 5.97 Å². The van der Waals surface area contributed by atoms with Crippen LogP contribution in [0.25, 0.3) is 0 Å². The van der Waals surface area contributed by atoms with E-state index in [-0.39, 0.29) is 12.5 Å². The zero-order chi connectivity index (χ0) is 13.4. The molecule has 0 heterocycles. The van der Waals surface area contributed by atoms with E-state index in [1.165, 1.54) is 5.56 Å². The van der Waals surface area contributed by atoms with Crippen molar-refractivity contribution in [1.82, 2.24) is 5.32 Å². The molecule has 100 valence electrons. The summed E-state index contributed by atoms with van der Waals surface area (Å²) in [4.78, 5) is 11.2. The Labute approximate surface area is 108 Å². The van der Waals surface area contributed by atoms with Gasteiger partial charge in [0.1, 0.15) is 5.75 Å². The van der Waals surface area contributed by atoms with Crippen LogP contribution in [0.2, 0.25) is 0 Å². The number of carbonyl (C=O) groups is 1. The SMILES string of the molecule is CCOC(=O)CNCc1ccc(OC)c(CC)c1. The highest BCUT2D eigenvalue weighted by atomic mass is 16.5. The smallest absolute Gasteiger partial charge is 0.319 e. The van der Waals surface area contributed by atoms with E-state index in [4.69, 9.17) is 9.47 Å². The van der Waals surface area contributed by atoms with Gasteiger partial charge in [0.2, 0.25) is 0 Å². The summed E-state index contributed by atoms with van der Waals surface area (Å²) in [5.41, 5.74) is 2.31. The van der Waals surface area contributed by atoms with E-state index < -0.39 is 0 Å². The largest absolute Gasteiger partial charge is 0.496 e. The lowest BCUT2D eigenvalue weighted by Crippen LogP contribution is -2.24. The zero-order valence-corrected chi connectivity index (χ0v) is 11.3. The van der Waals surface area contributed by atoms with Crippen molar-refractivity contribution in [3.8, 4) is 5.75 Å². The molecule has 4 nitrogen and oxygen atoms in total. The molecule has 0 saturated carbocycles. The second-order valence-electron chi connectivity index (χ2n) is 3.91. The van der Waals surface area contributed by atoms with Crippen molar-refractivity contribution < 1.29 is 14.3 Å². The Morgan fingerprint density at radius 3 is 2.72 bits per heavy atom. The van der Waals surface area contributed by atoms with Crippen LogP contribution in [0.15, 0.2) is 18.2 Å². The molecule has 0 aromatic heterocycles. The number of esters is 1. The molecule has 0 saturated heterocycles. The van der Waals surface area contributed by atoms with Crippen LogP contribution in [0.5, 0.6) is 5.75 Å². The monoisotopic (exact) mass is 251 g/mol. The third-order valence-electron chi connectivity index (χ3n) is 2.63. The number of benzene rings is 1. The second-order valence-corrected chi connectivity index (χ2v) is 3.91. The molecule has 0 aliphatic rings. The summed E-state index contributed by atoms with van der Waals surface area (Å²) in [5.74, 6) is 0.688. The molecule has 18 heavy (non-hydrogen) atoms. The molecule has 0 fully saturated rings. The second kappa shape index (κ2) is 7.71. The number of ether oxygens (including phenoxy) is 2. The molecule has 0 unspecified atom stereocenters. The van der Waals surface area contributed by atoms with Crippen LogP contribution in [0.4, 0.5) is 0 Å². The molecule has 0 bridgehead atoms. The van der Waals surface area contributed by atoms with Gasteiger partial charge in [0.25, 0.3) is 0 Å². The molecular formula is C14H21NO3. The predicted molar refractivity (Wildman–Crippen MR) is 70.7 cm³/mol. The number of carbonyl (C=O) groups excluding carboxylic acids is 1. The lowest BCUT2D eigenvalue weighted by atomic mass is 10.1. The fourth-order valence-electron chi connectivity index (χ4n) is 1.74. The van der Waals surface area contributed by atoms with Crippen molar-refractivity contribution in [2.75, 3.05) is 20.3 Å². The van der Waals surface area contributed by atoms with E-state index in [1.54, 1.807) is 14.0 Å². The number of nitrogens with one attached hydrogen (secondary N) is 1. The lowest BCUT2D eigenvalue weighted by molar-refractivity contribution is -0.142. The maximum absolute atomic E-state index is 11.2. The van der Waals surface area contributed by atoms with Crippen LogP contribution >= 0.6 is 0 Å². The Balaban J connectivity index is 2.50. The molecule has 1 aromatic carbocycles. The molecule has 0 spiro atoms. The normalized spacial score (nSPS) is 10.2. The minimum absolute atomic E-state index is 0.221. The Bertz CT molecular complexity index is 391. The van der Waals surface area contributed by atoms with Crippen LogP contribution in [-0.2, 0) is 22.5 Å². The van der Waals surface area contributed by atoms with Crippen molar-refractivity contribution >= 4 is 5.97 Å². The third kappa shape index (κ3) is 4.37. The minimum Gasteiger partial charge on any atom is -0.496 e. The summed E-state index contributed by atoms with van der Waals surface area (Å²) in [6.45, 7) is 5.20. The van der Waals surface area contributed by atoms with Crippen LogP contribution in [0.3, 0.4) is 0 Å². The van der Waals surface area contributed by atoms with Crippen molar-refractivity contribution in [2.45, 2.75) is 26.8 Å². The molecule has 1 aromatic rings. The molecule has 1 rings (SSSR count). The van der Waals surface area contributed by atoms with E-state index in [0.717, 1.165) is 17.7 Å². The van der Waals surface area contributed by atoms with Gasteiger partial charge in [-0.25, -0.2) is 0 Å². The van der Waals surface area contributed by atoms with E-state index in [2.05, 4.69) is 18.3 Å². The van der Waals surface area contributed by atoms with Crippen LogP contribution in [0, 0.1) is 0 Å². The van der Waals surface area contributed by atoms with Crippen LogP contribution in [-0.4, -0.2) is 26.2 Å². The zero-order valence-electron chi connectivity index (χ0n) is 11.3. The Morgan fingerprint density at radius 2 is 2.11 bits per heavy atom. The molecule has 0 atom stereocenters. The fraction of sp³-hybridized carbons (Fsp3) is 0.500. The molecular weight excluding hydrogens is 230 g/mol. The minimum atomic E-state index is -0.221. The van der Waals surface area contributed by atoms with Crippen molar-refractivity contribution in [3.63, 3.8) is 0 Å². The highest BCUT2D eigenvalue weighted by Gasteiger charge is 2.04. The van der Waals surface area contributed by atoms with Crippen LogP contribution in [0.1, 0.15) is 25.0 Å². The number of methoxy groups -OCH3 is 1. The Morgan fingerprint density at radius 1 is 1.33 bits per heavy atom. The Hall–Kier alpha value is -1.55. The number of hydrogen-bond acceptors (Lipinski definition) is 4. The molecule has 0 amide bonds. The standard InChI is InChI=1S/C14H21NO3/c1-4-12-8-11(6-7-13(12)17-3)9-15-10-14(16)18-5-2/h6-8,15H,4-5,9-10H2,1-3H3. The Kier molecular flexibility index (Phi) is 6.22. The first-order valence-corrected chi connectivity index (χ1v) is 6.23. The molecule has 4 heteroatoms. The van der Waals surface area contributed by atoms with E-state index >= 15 is 0 Å². The van der Waals surface area contributed by atoms with Gasteiger partial charge in [0.15, 0.2) is 0 Å². The number of hydrogen-bond donors (Lipinski definition) is 1. The van der Waals surface area contributed by atoms with E-state index in [9.17, 15) is 4.79 Å². The summed E-state index contributed by atoms with van der Waals surface area (Å²) >= 11 is 0. The first-order valence-electron chi connectivity index (χ1n) is 6.23. The number of rotatable bonds is 7. The maximum atomic E-state index is 11.2. The van der Waals surface area contributed by atoms with Crippen molar-refractivity contribution in [3.05, 3.63) is 29.3 Å². The lowest BCUT2D eigenvalue weighted by Gasteiger charge is -2.10. The van der Waals surface area contributed by atoms with E-state index in [1.807, 2.05) is 12.1 Å². The highest BCUT2D eigenvalue weighted by molar-refractivity contribution is 5.71. The van der Waals surface area contributed by atoms with Gasteiger partial charge in [-0.3, -0.25) is 4.79 Å². The first-order chi connectivity index (χ1) is 8.71. The van der Waals surface area contributed by atoms with Crippen molar-refractivity contribution in [2.24, 2.45) is 0 Å². The summed E-state index contributed by atoms with van der Waals surface area (Å²) in [5, 5.41) is 3.06. The van der Waals surface area contributed by atoms with Gasteiger partial charge in [-0.2, -0.15) is 0 Å². The third-order valence-corrected chi connectivity index (χ3v) is 2.63. The maximum Gasteiger partial charge on any atom is 0.319 e. The fourth-order valence-corrected chi connectivity index (χ4v) is 1.74. The summed E-state index contributed by atoms with van der Waals surface area (Å²) in [6.07, 6.45) is 0.925. The molecule has 1 N–H and O–H groups in total. The average molecular weight is 251 g/mol. The molecule has 0 aliphatic heterocycles. The molecule has 0 radical (unpaired) electrons. The topological polar surface area (TPSA) is 47.6 Å².